The second-order valence-corrected chi connectivity index (χ2v) is 8.01. The number of nitrogens with one attached hydrogen (secondary N) is 3. The van der Waals surface area contributed by atoms with Crippen molar-refractivity contribution in [2.75, 3.05) is 38.0 Å². The Kier molecular flexibility index (Phi) is 5.75. The summed E-state index contributed by atoms with van der Waals surface area (Å²) in [6, 6.07) is 14.2. The number of carbonyl (C=O) groups is 1. The Morgan fingerprint density at radius 1 is 1.03 bits per heavy atom. The van der Waals surface area contributed by atoms with Gasteiger partial charge >= 0.3 is 0 Å². The van der Waals surface area contributed by atoms with Crippen LogP contribution in [0.1, 0.15) is 0 Å². The molecule has 1 aliphatic heterocycles. The molecule has 1 amide bonds. The number of aromatic nitrogens is 2. The number of para-hydroxylation sites is 2. The fourth-order valence-corrected chi connectivity index (χ4v) is 4.26. The fourth-order valence-electron chi connectivity index (χ4n) is 4.00. The first kappa shape index (κ1) is 19.8. The van der Waals surface area contributed by atoms with Crippen molar-refractivity contribution in [1.82, 2.24) is 9.13 Å². The van der Waals surface area contributed by atoms with E-state index in [1.54, 1.807) is 12.1 Å². The maximum atomic E-state index is 13.0. The maximum absolute atomic E-state index is 13.0. The number of hydrogen-bond donors (Lipinski definition) is 3. The van der Waals surface area contributed by atoms with E-state index in [0.29, 0.717) is 12.2 Å². The highest BCUT2D eigenvalue weighted by molar-refractivity contribution is 7.71. The molecule has 8 heteroatoms. The standard InChI is InChI=1S/C21H24FN5OS/c1-24-18-4-2-3-5-19(18)27(21(24)29)15-26-12-10-25(11-13-26)14-20(28)23-17-8-6-16(22)7-9-17/h2-9H,10-15H2,1H3,(H,23,28)/p+2. The SMILES string of the molecule is Cn1c(=S)n(C[NH+]2CC[NH+](CC(=O)Nc3ccc(F)cc3)CC2)c2ccccc21. The number of amides is 1. The zero-order chi connectivity index (χ0) is 20.4. The smallest absolute Gasteiger partial charge is 0.279 e. The van der Waals surface area contributed by atoms with E-state index < -0.39 is 0 Å². The van der Waals surface area contributed by atoms with E-state index in [1.165, 1.54) is 27.4 Å². The van der Waals surface area contributed by atoms with Crippen LogP contribution >= 0.6 is 12.2 Å². The van der Waals surface area contributed by atoms with Crippen molar-refractivity contribution in [2.45, 2.75) is 6.67 Å². The van der Waals surface area contributed by atoms with E-state index in [9.17, 15) is 9.18 Å². The first-order valence-corrected chi connectivity index (χ1v) is 10.3. The lowest BCUT2D eigenvalue weighted by molar-refractivity contribution is -1.02. The van der Waals surface area contributed by atoms with Gasteiger partial charge in [-0.3, -0.25) is 9.36 Å². The van der Waals surface area contributed by atoms with Crippen LogP contribution in [-0.2, 0) is 18.5 Å². The van der Waals surface area contributed by atoms with Crippen molar-refractivity contribution < 1.29 is 19.0 Å². The summed E-state index contributed by atoms with van der Waals surface area (Å²) < 4.78 is 18.1. The fraction of sp³-hybridized carbons (Fsp3) is 0.333. The Hall–Kier alpha value is -2.55. The van der Waals surface area contributed by atoms with Gasteiger partial charge in [0.2, 0.25) is 0 Å². The van der Waals surface area contributed by atoms with Gasteiger partial charge in [-0.15, -0.1) is 0 Å². The average molecular weight is 416 g/mol. The van der Waals surface area contributed by atoms with E-state index in [2.05, 4.69) is 26.6 Å². The van der Waals surface area contributed by atoms with Crippen LogP contribution in [0, 0.1) is 10.6 Å². The highest BCUT2D eigenvalue weighted by atomic mass is 32.1. The highest BCUT2D eigenvalue weighted by Gasteiger charge is 2.25. The molecule has 0 aliphatic carbocycles. The number of carbonyl (C=O) groups excluding carboxylic acids is 1. The molecule has 0 saturated carbocycles. The minimum Gasteiger partial charge on any atom is -0.321 e. The summed E-state index contributed by atoms with van der Waals surface area (Å²) in [6.07, 6.45) is 0. The zero-order valence-electron chi connectivity index (χ0n) is 16.5. The summed E-state index contributed by atoms with van der Waals surface area (Å²) >= 11 is 5.64. The lowest BCUT2D eigenvalue weighted by atomic mass is 10.3. The van der Waals surface area contributed by atoms with Crippen LogP contribution in [0.3, 0.4) is 0 Å². The molecule has 29 heavy (non-hydrogen) atoms. The van der Waals surface area contributed by atoms with Gasteiger partial charge in [0.15, 0.2) is 18.0 Å². The van der Waals surface area contributed by atoms with Crippen molar-refractivity contribution in [2.24, 2.45) is 7.05 Å². The Morgan fingerprint density at radius 2 is 1.66 bits per heavy atom. The van der Waals surface area contributed by atoms with Gasteiger partial charge in [0, 0.05) is 12.7 Å². The number of nitrogens with zero attached hydrogens (tertiary/aromatic N) is 2. The van der Waals surface area contributed by atoms with Crippen molar-refractivity contribution in [3.8, 4) is 0 Å². The molecule has 0 unspecified atom stereocenters. The number of piperazine rings is 1. The van der Waals surface area contributed by atoms with Crippen molar-refractivity contribution >= 4 is 34.8 Å². The molecule has 6 nitrogen and oxygen atoms in total. The zero-order valence-corrected chi connectivity index (χ0v) is 17.3. The number of halogens is 1. The minimum absolute atomic E-state index is 0.0358. The number of anilines is 1. The number of aryl methyl sites for hydroxylation is 1. The molecule has 3 N–H and O–H groups in total. The molecule has 152 valence electrons. The third-order valence-electron chi connectivity index (χ3n) is 5.64. The Bertz CT molecular complexity index is 1070. The third-order valence-corrected chi connectivity index (χ3v) is 6.13. The van der Waals surface area contributed by atoms with Crippen LogP contribution in [0.15, 0.2) is 48.5 Å². The van der Waals surface area contributed by atoms with E-state index in [1.807, 2.05) is 19.2 Å². The summed E-state index contributed by atoms with van der Waals surface area (Å²) in [4.78, 5) is 15.0. The molecule has 4 rings (SSSR count). The van der Waals surface area contributed by atoms with Gasteiger partial charge < -0.3 is 19.7 Å². The molecule has 2 heterocycles. The van der Waals surface area contributed by atoms with Crippen molar-refractivity contribution in [3.05, 3.63) is 59.1 Å². The number of benzene rings is 2. The van der Waals surface area contributed by atoms with E-state index in [0.717, 1.165) is 43.1 Å². The van der Waals surface area contributed by atoms with Gasteiger partial charge in [-0.2, -0.15) is 0 Å². The number of quaternary nitrogens is 2. The van der Waals surface area contributed by atoms with Crippen LogP contribution in [0.5, 0.6) is 0 Å². The molecule has 1 saturated heterocycles. The van der Waals surface area contributed by atoms with Gasteiger partial charge in [0.25, 0.3) is 5.91 Å². The van der Waals surface area contributed by atoms with Crippen molar-refractivity contribution in [1.29, 1.82) is 0 Å². The normalized spacial score (nSPS) is 19.4. The summed E-state index contributed by atoms with van der Waals surface area (Å²) in [5.41, 5.74) is 2.95. The predicted molar refractivity (Wildman–Crippen MR) is 113 cm³/mol. The average Bonchev–Trinajstić information content (AvgIpc) is 2.96. The second-order valence-electron chi connectivity index (χ2n) is 7.65. The van der Waals surface area contributed by atoms with E-state index in [-0.39, 0.29) is 11.7 Å². The van der Waals surface area contributed by atoms with Gasteiger partial charge in [0.1, 0.15) is 32.0 Å². The van der Waals surface area contributed by atoms with Crippen LogP contribution in [-0.4, -0.2) is 47.8 Å². The highest BCUT2D eigenvalue weighted by Crippen LogP contribution is 2.15. The lowest BCUT2D eigenvalue weighted by Crippen LogP contribution is -3.28. The molecule has 1 aromatic heterocycles. The topological polar surface area (TPSA) is 47.8 Å². The van der Waals surface area contributed by atoms with Crippen LogP contribution in [0.2, 0.25) is 0 Å². The number of hydrogen-bond acceptors (Lipinski definition) is 2. The van der Waals surface area contributed by atoms with Crippen molar-refractivity contribution in [3.63, 3.8) is 0 Å². The van der Waals surface area contributed by atoms with Gasteiger partial charge in [-0.05, 0) is 48.6 Å². The molecule has 1 aliphatic rings. The predicted octanol–water partition coefficient (Wildman–Crippen LogP) is 0.228. The Labute approximate surface area is 174 Å². The summed E-state index contributed by atoms with van der Waals surface area (Å²) in [6.45, 7) is 5.12. The molecule has 2 aromatic carbocycles. The van der Waals surface area contributed by atoms with Crippen LogP contribution in [0.4, 0.5) is 10.1 Å². The molecule has 3 aromatic rings. The Morgan fingerprint density at radius 3 is 2.34 bits per heavy atom. The molecule has 0 radical (unpaired) electrons. The lowest BCUT2D eigenvalue weighted by Gasteiger charge is -2.29. The third kappa shape index (κ3) is 4.39. The summed E-state index contributed by atoms with van der Waals surface area (Å²) in [5, 5.41) is 2.84. The first-order valence-electron chi connectivity index (χ1n) is 9.88. The number of imidazole rings is 1. The second kappa shape index (κ2) is 8.44. The van der Waals surface area contributed by atoms with E-state index >= 15 is 0 Å². The largest absolute Gasteiger partial charge is 0.321 e. The van der Waals surface area contributed by atoms with E-state index in [4.69, 9.17) is 12.2 Å². The molecule has 0 atom stereocenters. The van der Waals surface area contributed by atoms with Crippen LogP contribution in [0.25, 0.3) is 11.0 Å². The molecule has 1 fully saturated rings. The molecular formula is C21H26FN5OS+2. The molecular weight excluding hydrogens is 389 g/mol. The van der Waals surface area contributed by atoms with Gasteiger partial charge in [-0.25, -0.2) is 4.39 Å². The van der Waals surface area contributed by atoms with Gasteiger partial charge in [-0.1, -0.05) is 12.1 Å². The molecule has 0 bridgehead atoms. The number of fused-ring (bicyclic) bond motifs is 1. The quantitative estimate of drug-likeness (QED) is 0.523. The monoisotopic (exact) mass is 415 g/mol. The maximum Gasteiger partial charge on any atom is 0.279 e. The number of rotatable bonds is 5. The summed E-state index contributed by atoms with van der Waals surface area (Å²) in [5.74, 6) is -0.342. The molecule has 0 spiro atoms. The Balaban J connectivity index is 1.32. The van der Waals surface area contributed by atoms with Gasteiger partial charge in [0.05, 0.1) is 11.0 Å². The minimum atomic E-state index is -0.306. The summed E-state index contributed by atoms with van der Waals surface area (Å²) in [7, 11) is 2.01. The first-order chi connectivity index (χ1) is 14.0. The van der Waals surface area contributed by atoms with Crippen LogP contribution < -0.4 is 15.1 Å².